The highest BCUT2D eigenvalue weighted by Gasteiger charge is 2.22. The Hall–Kier alpha value is -2.49. The van der Waals surface area contributed by atoms with E-state index >= 15 is 0 Å². The van der Waals surface area contributed by atoms with Crippen LogP contribution in [0.3, 0.4) is 0 Å². The molecule has 132 valence electrons. The lowest BCUT2D eigenvalue weighted by Gasteiger charge is -2.27. The number of anilines is 1. The van der Waals surface area contributed by atoms with Crippen LogP contribution in [-0.4, -0.2) is 26.1 Å². The van der Waals surface area contributed by atoms with Gasteiger partial charge in [0.25, 0.3) is 5.91 Å². The van der Waals surface area contributed by atoms with Gasteiger partial charge in [0.05, 0.1) is 12.7 Å². The minimum atomic E-state index is 0.00297. The van der Waals surface area contributed by atoms with E-state index in [0.717, 1.165) is 30.1 Å². The van der Waals surface area contributed by atoms with Gasteiger partial charge in [-0.05, 0) is 40.8 Å². The monoisotopic (exact) mass is 338 g/mol. The predicted octanol–water partition coefficient (Wildman–Crippen LogP) is 3.74. The molecule has 1 aliphatic heterocycles. The molecule has 0 saturated heterocycles. The van der Waals surface area contributed by atoms with Crippen LogP contribution in [0.1, 0.15) is 42.3 Å². The number of methoxy groups -OCH3 is 1. The van der Waals surface area contributed by atoms with Gasteiger partial charge in [0.15, 0.2) is 0 Å². The summed E-state index contributed by atoms with van der Waals surface area (Å²) in [6.45, 7) is 8.78. The van der Waals surface area contributed by atoms with E-state index in [-0.39, 0.29) is 11.3 Å². The molecule has 0 spiro atoms. The van der Waals surface area contributed by atoms with Gasteiger partial charge in [-0.3, -0.25) is 4.79 Å². The lowest BCUT2D eigenvalue weighted by Crippen LogP contribution is -2.29. The van der Waals surface area contributed by atoms with Gasteiger partial charge in [0, 0.05) is 25.3 Å². The van der Waals surface area contributed by atoms with Crippen LogP contribution in [0.2, 0.25) is 0 Å². The number of hydrogen-bond donors (Lipinski definition) is 1. The summed E-state index contributed by atoms with van der Waals surface area (Å²) in [5.41, 5.74) is 4.16. The van der Waals surface area contributed by atoms with E-state index in [0.29, 0.717) is 6.54 Å². The molecule has 4 nitrogen and oxygen atoms in total. The molecule has 2 aromatic carbocycles. The van der Waals surface area contributed by atoms with Crippen LogP contribution in [0.15, 0.2) is 42.5 Å². The SMILES string of the molecule is COc1ccc(CN2CCNC(=O)c3ccccc32)cc1C(C)(C)C. The molecule has 25 heavy (non-hydrogen) atoms. The summed E-state index contributed by atoms with van der Waals surface area (Å²) < 4.78 is 5.54. The Morgan fingerprint density at radius 1 is 1.16 bits per heavy atom. The first kappa shape index (κ1) is 17.3. The number of hydrogen-bond acceptors (Lipinski definition) is 3. The van der Waals surface area contributed by atoms with Crippen molar-refractivity contribution in [3.8, 4) is 5.75 Å². The first-order valence-corrected chi connectivity index (χ1v) is 8.70. The van der Waals surface area contributed by atoms with E-state index in [1.165, 1.54) is 11.1 Å². The molecule has 1 heterocycles. The highest BCUT2D eigenvalue weighted by molar-refractivity contribution is 6.00. The summed E-state index contributed by atoms with van der Waals surface area (Å²) in [5.74, 6) is 0.924. The molecule has 0 aromatic heterocycles. The Morgan fingerprint density at radius 2 is 1.92 bits per heavy atom. The number of rotatable bonds is 3. The Morgan fingerprint density at radius 3 is 2.64 bits per heavy atom. The van der Waals surface area contributed by atoms with Crippen molar-refractivity contribution < 1.29 is 9.53 Å². The van der Waals surface area contributed by atoms with E-state index in [2.05, 4.69) is 43.1 Å². The van der Waals surface area contributed by atoms with Gasteiger partial charge in [0.1, 0.15) is 5.75 Å². The van der Waals surface area contributed by atoms with Crippen molar-refractivity contribution in [2.75, 3.05) is 25.1 Å². The molecule has 0 bridgehead atoms. The van der Waals surface area contributed by atoms with Gasteiger partial charge < -0.3 is 15.0 Å². The molecule has 1 N–H and O–H groups in total. The second-order valence-corrected chi connectivity index (χ2v) is 7.48. The van der Waals surface area contributed by atoms with Gasteiger partial charge in [-0.1, -0.05) is 39.0 Å². The smallest absolute Gasteiger partial charge is 0.253 e. The van der Waals surface area contributed by atoms with E-state index in [1.54, 1.807) is 7.11 Å². The fraction of sp³-hybridized carbons (Fsp3) is 0.381. The zero-order chi connectivity index (χ0) is 18.0. The first-order chi connectivity index (χ1) is 11.9. The number of benzene rings is 2. The molecule has 0 aliphatic carbocycles. The van der Waals surface area contributed by atoms with Gasteiger partial charge in [0.2, 0.25) is 0 Å². The van der Waals surface area contributed by atoms with E-state index < -0.39 is 0 Å². The van der Waals surface area contributed by atoms with Gasteiger partial charge in [-0.15, -0.1) is 0 Å². The van der Waals surface area contributed by atoms with Crippen molar-refractivity contribution >= 4 is 11.6 Å². The van der Waals surface area contributed by atoms with Crippen LogP contribution in [0.25, 0.3) is 0 Å². The molecule has 0 radical (unpaired) electrons. The van der Waals surface area contributed by atoms with Crippen LogP contribution in [0.4, 0.5) is 5.69 Å². The lowest BCUT2D eigenvalue weighted by atomic mass is 9.85. The molecule has 0 saturated carbocycles. The number of amides is 1. The largest absolute Gasteiger partial charge is 0.496 e. The molecular formula is C21H26N2O2. The fourth-order valence-corrected chi connectivity index (χ4v) is 3.29. The van der Waals surface area contributed by atoms with Crippen LogP contribution in [0.5, 0.6) is 5.75 Å². The topological polar surface area (TPSA) is 41.6 Å². The average molecular weight is 338 g/mol. The summed E-state index contributed by atoms with van der Waals surface area (Å²) in [6, 6.07) is 14.2. The summed E-state index contributed by atoms with van der Waals surface area (Å²) >= 11 is 0. The molecule has 3 rings (SSSR count). The highest BCUT2D eigenvalue weighted by atomic mass is 16.5. The first-order valence-electron chi connectivity index (χ1n) is 8.70. The maximum absolute atomic E-state index is 12.2. The summed E-state index contributed by atoms with van der Waals surface area (Å²) in [4.78, 5) is 14.5. The van der Waals surface area contributed by atoms with Crippen LogP contribution < -0.4 is 15.0 Å². The minimum absolute atomic E-state index is 0.00297. The minimum Gasteiger partial charge on any atom is -0.496 e. The molecule has 1 aliphatic rings. The zero-order valence-electron chi connectivity index (χ0n) is 15.4. The van der Waals surface area contributed by atoms with E-state index in [9.17, 15) is 4.79 Å². The van der Waals surface area contributed by atoms with Gasteiger partial charge in [-0.2, -0.15) is 0 Å². The van der Waals surface area contributed by atoms with Crippen molar-refractivity contribution in [2.45, 2.75) is 32.7 Å². The second-order valence-electron chi connectivity index (χ2n) is 7.48. The lowest BCUT2D eigenvalue weighted by molar-refractivity contribution is 0.0958. The molecular weight excluding hydrogens is 312 g/mol. The fourth-order valence-electron chi connectivity index (χ4n) is 3.29. The van der Waals surface area contributed by atoms with Gasteiger partial charge in [-0.25, -0.2) is 0 Å². The molecule has 0 atom stereocenters. The van der Waals surface area contributed by atoms with E-state index in [1.807, 2.05) is 30.3 Å². The summed E-state index contributed by atoms with van der Waals surface area (Å²) in [6.07, 6.45) is 0. The number of nitrogens with one attached hydrogen (secondary N) is 1. The predicted molar refractivity (Wildman–Crippen MR) is 102 cm³/mol. The Bertz CT molecular complexity index is 778. The number of ether oxygens (including phenoxy) is 1. The number of para-hydroxylation sites is 1. The van der Waals surface area contributed by atoms with Crippen molar-refractivity contribution in [1.82, 2.24) is 5.32 Å². The van der Waals surface area contributed by atoms with Gasteiger partial charge >= 0.3 is 0 Å². The molecule has 2 aromatic rings. The number of carbonyl (C=O) groups excluding carboxylic acids is 1. The second kappa shape index (κ2) is 6.79. The molecule has 0 unspecified atom stereocenters. The number of carbonyl (C=O) groups is 1. The number of nitrogens with zero attached hydrogens (tertiary/aromatic N) is 1. The van der Waals surface area contributed by atoms with Crippen molar-refractivity contribution in [3.05, 3.63) is 59.2 Å². The van der Waals surface area contributed by atoms with Crippen molar-refractivity contribution in [1.29, 1.82) is 0 Å². The Kier molecular flexibility index (Phi) is 4.71. The average Bonchev–Trinajstić information content (AvgIpc) is 2.74. The maximum Gasteiger partial charge on any atom is 0.253 e. The third kappa shape index (κ3) is 3.63. The Labute approximate surface area is 149 Å². The van der Waals surface area contributed by atoms with Crippen molar-refractivity contribution in [3.63, 3.8) is 0 Å². The van der Waals surface area contributed by atoms with Crippen LogP contribution in [0, 0.1) is 0 Å². The maximum atomic E-state index is 12.2. The summed E-state index contributed by atoms with van der Waals surface area (Å²) in [7, 11) is 1.71. The van der Waals surface area contributed by atoms with E-state index in [4.69, 9.17) is 4.74 Å². The van der Waals surface area contributed by atoms with Crippen molar-refractivity contribution in [2.24, 2.45) is 0 Å². The standard InChI is InChI=1S/C21H26N2O2/c1-21(2,3)17-13-15(9-10-19(17)25-4)14-23-12-11-22-20(24)16-7-5-6-8-18(16)23/h5-10,13H,11-12,14H2,1-4H3,(H,22,24). The number of fused-ring (bicyclic) bond motifs is 1. The third-order valence-electron chi connectivity index (χ3n) is 4.60. The van der Waals surface area contributed by atoms with Crippen LogP contribution in [-0.2, 0) is 12.0 Å². The molecule has 1 amide bonds. The Balaban J connectivity index is 1.95. The third-order valence-corrected chi connectivity index (χ3v) is 4.60. The normalized spacial score (nSPS) is 14.6. The highest BCUT2D eigenvalue weighted by Crippen LogP contribution is 2.33. The zero-order valence-corrected chi connectivity index (χ0v) is 15.4. The molecule has 0 fully saturated rings. The summed E-state index contributed by atoms with van der Waals surface area (Å²) in [5, 5.41) is 2.97. The van der Waals surface area contributed by atoms with Crippen LogP contribution >= 0.6 is 0 Å². The molecule has 4 heteroatoms. The quantitative estimate of drug-likeness (QED) is 0.927.